The lowest BCUT2D eigenvalue weighted by Gasteiger charge is -2.72. The lowest BCUT2D eigenvalue weighted by Crippen LogP contribution is -2.68. The van der Waals surface area contributed by atoms with Gasteiger partial charge in [-0.25, -0.2) is 9.97 Å². The summed E-state index contributed by atoms with van der Waals surface area (Å²) in [7, 11) is 0. The second kappa shape index (κ2) is 15.5. The van der Waals surface area contributed by atoms with Gasteiger partial charge in [0.05, 0.1) is 6.61 Å². The summed E-state index contributed by atoms with van der Waals surface area (Å²) in [5.41, 5.74) is 5.00. The predicted molar refractivity (Wildman–Crippen MR) is 230 cm³/mol. The Balaban J connectivity index is 1.02. The third-order valence-electron chi connectivity index (χ3n) is 18.7. The normalized spacial score (nSPS) is 41.4. The van der Waals surface area contributed by atoms with Crippen molar-refractivity contribution in [2.24, 2.45) is 56.7 Å². The van der Waals surface area contributed by atoms with Crippen LogP contribution in [0.15, 0.2) is 54.0 Å². The number of hydrogen-bond acceptors (Lipinski definition) is 7. The van der Waals surface area contributed by atoms with Gasteiger partial charge in [0.25, 0.3) is 0 Å². The van der Waals surface area contributed by atoms with Gasteiger partial charge in [0.15, 0.2) is 0 Å². The largest absolute Gasteiger partial charge is 0.476 e. The van der Waals surface area contributed by atoms with Crippen LogP contribution in [0.1, 0.15) is 145 Å². The van der Waals surface area contributed by atoms with Gasteiger partial charge in [0.1, 0.15) is 18.3 Å². The topological polar surface area (TPSA) is 76.6 Å². The Labute approximate surface area is 345 Å². The standard InChI is InChI=1S/C50H76N4O3/c1-9-56-44(55)49(33-57-42-20-28-51-34-52-42)23-15-36(16-24-49)38-18-21-46(6)40(45(38,4)5)19-22-48(8)41(46)14-13-39-43-37(35(2)3)17-25-50(43,27-26-47(39,48)7)53-29-32-54-30-11-10-12-31-54/h15,18,20,28,34,37,39-41,43,53H,2,9-14,16-17,19,21-27,29-33H2,1,3-8H3/t37-,39+,40-,41+,43+,46-,47+,48+,49-,50-/m0/s1. The lowest BCUT2D eigenvalue weighted by atomic mass is 9.33. The molecule has 1 aromatic rings. The smallest absolute Gasteiger partial charge is 0.315 e. The first kappa shape index (κ1) is 41.2. The van der Waals surface area contributed by atoms with E-state index < -0.39 is 5.41 Å². The van der Waals surface area contributed by atoms with E-state index in [9.17, 15) is 4.79 Å². The first-order chi connectivity index (χ1) is 27.2. The van der Waals surface area contributed by atoms with Crippen LogP contribution in [-0.4, -0.2) is 65.8 Å². The Kier molecular flexibility index (Phi) is 11.2. The van der Waals surface area contributed by atoms with E-state index in [1.165, 1.54) is 113 Å². The molecule has 0 bridgehead atoms. The van der Waals surface area contributed by atoms with Gasteiger partial charge in [-0.2, -0.15) is 0 Å². The number of esters is 1. The zero-order chi connectivity index (χ0) is 40.3. The number of allylic oxidation sites excluding steroid dienone is 5. The molecule has 8 rings (SSSR count). The molecule has 1 saturated heterocycles. The summed E-state index contributed by atoms with van der Waals surface area (Å²) in [6, 6.07) is 1.75. The zero-order valence-corrected chi connectivity index (χ0v) is 36.9. The molecule has 0 amide bonds. The van der Waals surface area contributed by atoms with Crippen LogP contribution in [0.4, 0.5) is 0 Å². The van der Waals surface area contributed by atoms with Gasteiger partial charge in [-0.15, -0.1) is 0 Å². The molecule has 0 radical (unpaired) electrons. The van der Waals surface area contributed by atoms with Crippen molar-refractivity contribution in [2.75, 3.05) is 39.4 Å². The van der Waals surface area contributed by atoms with Crippen LogP contribution in [0.25, 0.3) is 0 Å². The van der Waals surface area contributed by atoms with Gasteiger partial charge in [0, 0.05) is 30.9 Å². The van der Waals surface area contributed by atoms with Gasteiger partial charge >= 0.3 is 5.97 Å². The molecule has 1 N–H and O–H groups in total. The van der Waals surface area contributed by atoms with E-state index in [-0.39, 0.29) is 28.9 Å². The number of aromatic nitrogens is 2. The van der Waals surface area contributed by atoms with Gasteiger partial charge in [-0.3, -0.25) is 4.79 Å². The van der Waals surface area contributed by atoms with Crippen LogP contribution in [0.5, 0.6) is 5.88 Å². The number of likely N-dealkylation sites (tertiary alicyclic amines) is 1. The molecule has 314 valence electrons. The molecule has 10 atom stereocenters. The maximum absolute atomic E-state index is 13.5. The van der Waals surface area contributed by atoms with Crippen molar-refractivity contribution in [1.29, 1.82) is 0 Å². The van der Waals surface area contributed by atoms with Gasteiger partial charge in [0.2, 0.25) is 5.88 Å². The van der Waals surface area contributed by atoms with Crippen molar-refractivity contribution in [3.05, 3.63) is 54.0 Å². The predicted octanol–water partition coefficient (Wildman–Crippen LogP) is 10.5. The summed E-state index contributed by atoms with van der Waals surface area (Å²) in [6.45, 7) is 27.9. The number of piperidine rings is 1. The molecule has 1 aromatic heterocycles. The number of hydrogen-bond donors (Lipinski definition) is 1. The number of nitrogens with one attached hydrogen (secondary N) is 1. The fourth-order valence-corrected chi connectivity index (χ4v) is 15.6. The summed E-state index contributed by atoms with van der Waals surface area (Å²) in [5, 5.41) is 4.36. The van der Waals surface area contributed by atoms with Crippen LogP contribution in [0.2, 0.25) is 0 Å². The van der Waals surface area contributed by atoms with Gasteiger partial charge in [-0.05, 0) is 179 Å². The van der Waals surface area contributed by atoms with E-state index in [0.29, 0.717) is 47.5 Å². The fourth-order valence-electron chi connectivity index (χ4n) is 15.6. The number of rotatable bonds is 11. The quantitative estimate of drug-likeness (QED) is 0.177. The maximum atomic E-state index is 13.5. The van der Waals surface area contributed by atoms with Crippen LogP contribution < -0.4 is 10.1 Å². The first-order valence-electron chi connectivity index (χ1n) is 23.3. The van der Waals surface area contributed by atoms with Crippen LogP contribution >= 0.6 is 0 Å². The summed E-state index contributed by atoms with van der Waals surface area (Å²) in [5.74, 6) is 3.81. The Morgan fingerprint density at radius 2 is 1.74 bits per heavy atom. The van der Waals surface area contributed by atoms with Crippen molar-refractivity contribution < 1.29 is 14.3 Å². The summed E-state index contributed by atoms with van der Waals surface area (Å²) < 4.78 is 11.8. The van der Waals surface area contributed by atoms with E-state index >= 15 is 0 Å². The highest BCUT2D eigenvalue weighted by molar-refractivity contribution is 5.78. The maximum Gasteiger partial charge on any atom is 0.315 e. The fraction of sp³-hybridized carbons (Fsp3) is 0.780. The molecule has 6 aliphatic carbocycles. The molecule has 0 spiro atoms. The monoisotopic (exact) mass is 781 g/mol. The number of carbonyl (C=O) groups excluding carboxylic acids is 1. The minimum absolute atomic E-state index is 0.0653. The molecule has 7 heteroatoms. The van der Waals surface area contributed by atoms with Crippen molar-refractivity contribution in [2.45, 2.75) is 150 Å². The molecule has 57 heavy (non-hydrogen) atoms. The molecular weight excluding hydrogens is 705 g/mol. The van der Waals surface area contributed by atoms with E-state index in [4.69, 9.17) is 9.47 Å². The number of nitrogens with zero attached hydrogens (tertiary/aromatic N) is 3. The molecule has 5 fully saturated rings. The van der Waals surface area contributed by atoms with E-state index in [1.807, 2.05) is 6.92 Å². The van der Waals surface area contributed by atoms with Gasteiger partial charge < -0.3 is 19.7 Å². The minimum atomic E-state index is -0.706. The first-order valence-corrected chi connectivity index (χ1v) is 23.3. The Morgan fingerprint density at radius 3 is 2.44 bits per heavy atom. The van der Waals surface area contributed by atoms with Crippen molar-refractivity contribution in [3.63, 3.8) is 0 Å². The molecular formula is C50H76N4O3. The van der Waals surface area contributed by atoms with Crippen molar-refractivity contribution in [1.82, 2.24) is 20.2 Å². The molecule has 7 nitrogen and oxygen atoms in total. The van der Waals surface area contributed by atoms with Crippen LogP contribution in [0.3, 0.4) is 0 Å². The highest BCUT2D eigenvalue weighted by Crippen LogP contribution is 2.76. The SMILES string of the molecule is C=C(C)[C@@H]1CC[C@]2(NCCN3CCCCC3)CC[C@]3(C)[C@H](CC[C@@H]4[C@@]5(C)CC=C(C6=CC[C@](COc7ccncn7)(C(=O)OCC)CC6)C(C)(C)[C@@H]5CC[C@]43C)[C@@H]12. The van der Waals surface area contributed by atoms with Crippen molar-refractivity contribution >= 4 is 5.97 Å². The highest BCUT2D eigenvalue weighted by Gasteiger charge is 2.70. The Bertz CT molecular complexity index is 1720. The van der Waals surface area contributed by atoms with E-state index in [2.05, 4.69) is 80.5 Å². The summed E-state index contributed by atoms with van der Waals surface area (Å²) in [4.78, 5) is 24.5. The summed E-state index contributed by atoms with van der Waals surface area (Å²) >= 11 is 0. The van der Waals surface area contributed by atoms with Crippen LogP contribution in [0, 0.1) is 56.7 Å². The minimum Gasteiger partial charge on any atom is -0.476 e. The number of fused-ring (bicyclic) bond motifs is 7. The van der Waals surface area contributed by atoms with E-state index in [1.54, 1.807) is 12.3 Å². The summed E-state index contributed by atoms with van der Waals surface area (Å²) in [6.07, 6.45) is 26.4. The molecule has 2 heterocycles. The number of carbonyl (C=O) groups is 1. The van der Waals surface area contributed by atoms with Crippen molar-refractivity contribution in [3.8, 4) is 5.88 Å². The second-order valence-corrected chi connectivity index (χ2v) is 21.5. The van der Waals surface area contributed by atoms with E-state index in [0.717, 1.165) is 37.6 Å². The Hall–Kier alpha value is -2.51. The third-order valence-corrected chi connectivity index (χ3v) is 18.7. The molecule has 4 saturated carbocycles. The average Bonchev–Trinajstić information content (AvgIpc) is 3.58. The molecule has 0 unspecified atom stereocenters. The average molecular weight is 781 g/mol. The van der Waals surface area contributed by atoms with Crippen LogP contribution in [-0.2, 0) is 9.53 Å². The molecule has 7 aliphatic rings. The lowest BCUT2D eigenvalue weighted by molar-refractivity contribution is -0.221. The highest BCUT2D eigenvalue weighted by atomic mass is 16.5. The number of ether oxygens (including phenoxy) is 2. The van der Waals surface area contributed by atoms with Gasteiger partial charge in [-0.1, -0.05) is 65.3 Å². The Morgan fingerprint density at radius 1 is 0.930 bits per heavy atom. The molecule has 1 aliphatic heterocycles. The molecule has 0 aromatic carbocycles. The third kappa shape index (κ3) is 6.79. The zero-order valence-electron chi connectivity index (χ0n) is 36.9. The second-order valence-electron chi connectivity index (χ2n) is 21.5.